The zero-order valence-electron chi connectivity index (χ0n) is 16.4. The summed E-state index contributed by atoms with van der Waals surface area (Å²) in [5, 5.41) is 8.76. The summed E-state index contributed by atoms with van der Waals surface area (Å²) < 4.78 is 1.87. The fourth-order valence-electron chi connectivity index (χ4n) is 3.94. The molecule has 142 valence electrons. The van der Waals surface area contributed by atoms with Crippen LogP contribution in [0.4, 0.5) is 11.6 Å². The van der Waals surface area contributed by atoms with Crippen molar-refractivity contribution in [1.29, 1.82) is 0 Å². The highest BCUT2D eigenvalue weighted by atomic mass is 32.2. The Morgan fingerprint density at radius 2 is 1.93 bits per heavy atom. The monoisotopic (exact) mass is 383 g/mol. The number of Topliss-reactive ketones (excluding diaryl/α,β-unsaturated/α-hetero) is 1. The molecular formula is C20H25N5OS. The van der Waals surface area contributed by atoms with Crippen LogP contribution in [0.5, 0.6) is 0 Å². The van der Waals surface area contributed by atoms with Gasteiger partial charge in [-0.05, 0) is 35.8 Å². The Labute approximate surface area is 164 Å². The molecule has 2 aliphatic rings. The predicted molar refractivity (Wildman–Crippen MR) is 109 cm³/mol. The van der Waals surface area contributed by atoms with Gasteiger partial charge in [-0.3, -0.25) is 4.79 Å². The zero-order valence-corrected chi connectivity index (χ0v) is 17.2. The smallest absolute Gasteiger partial charge is 0.227 e. The second-order valence-electron chi connectivity index (χ2n) is 8.21. The molecule has 0 saturated carbocycles. The molecule has 0 bridgehead atoms. The van der Waals surface area contributed by atoms with Gasteiger partial charge in [-0.15, -0.1) is 5.10 Å². The van der Waals surface area contributed by atoms with E-state index in [1.54, 1.807) is 0 Å². The van der Waals surface area contributed by atoms with Gasteiger partial charge in [0.05, 0.1) is 0 Å². The van der Waals surface area contributed by atoms with Gasteiger partial charge in [0.25, 0.3) is 0 Å². The Morgan fingerprint density at radius 3 is 2.56 bits per heavy atom. The lowest BCUT2D eigenvalue weighted by molar-refractivity contribution is -0.118. The SMILES string of the molecule is CSc1nc2n(n1)[C@H](c1ccc(N(C)C)cc1)C1=C(CC(C)(C)CC1=O)N2. The molecule has 6 nitrogen and oxygen atoms in total. The van der Waals surface area contributed by atoms with Crippen LogP contribution in [0.1, 0.15) is 38.3 Å². The van der Waals surface area contributed by atoms with Crippen LogP contribution in [0.2, 0.25) is 0 Å². The summed E-state index contributed by atoms with van der Waals surface area (Å²) in [6.45, 7) is 4.29. The van der Waals surface area contributed by atoms with Crippen molar-refractivity contribution >= 4 is 29.2 Å². The molecule has 0 spiro atoms. The molecule has 0 saturated heterocycles. The Hall–Kier alpha value is -2.28. The van der Waals surface area contributed by atoms with Crippen molar-refractivity contribution in [3.63, 3.8) is 0 Å². The van der Waals surface area contributed by atoms with Crippen LogP contribution in [0, 0.1) is 5.41 Å². The summed E-state index contributed by atoms with van der Waals surface area (Å²) in [6, 6.07) is 8.12. The minimum Gasteiger partial charge on any atom is -0.378 e. The molecule has 7 heteroatoms. The molecular weight excluding hydrogens is 358 g/mol. The Kier molecular flexibility index (Phi) is 4.29. The average molecular weight is 384 g/mol. The van der Waals surface area contributed by atoms with Gasteiger partial charge in [-0.1, -0.05) is 37.7 Å². The Morgan fingerprint density at radius 1 is 1.22 bits per heavy atom. The number of carbonyl (C=O) groups is 1. The van der Waals surface area contributed by atoms with Crippen molar-refractivity contribution in [3.05, 3.63) is 41.1 Å². The quantitative estimate of drug-likeness (QED) is 0.815. The van der Waals surface area contributed by atoms with Crippen molar-refractivity contribution in [2.75, 3.05) is 30.6 Å². The molecule has 0 fully saturated rings. The van der Waals surface area contributed by atoms with Crippen LogP contribution < -0.4 is 10.2 Å². The molecule has 2 heterocycles. The molecule has 0 amide bonds. The minimum atomic E-state index is -0.232. The molecule has 4 rings (SSSR count). The number of nitrogens with zero attached hydrogens (tertiary/aromatic N) is 4. The van der Waals surface area contributed by atoms with Crippen molar-refractivity contribution < 1.29 is 4.79 Å². The number of rotatable bonds is 3. The van der Waals surface area contributed by atoms with E-state index in [-0.39, 0.29) is 17.2 Å². The first-order valence-corrected chi connectivity index (χ1v) is 10.3. The third-order valence-corrected chi connectivity index (χ3v) is 5.76. The zero-order chi connectivity index (χ0) is 19.3. The van der Waals surface area contributed by atoms with Crippen LogP contribution >= 0.6 is 11.8 Å². The van der Waals surface area contributed by atoms with Crippen LogP contribution in [0.25, 0.3) is 0 Å². The van der Waals surface area contributed by atoms with Crippen LogP contribution in [-0.2, 0) is 4.79 Å². The maximum Gasteiger partial charge on any atom is 0.227 e. The highest BCUT2D eigenvalue weighted by Gasteiger charge is 2.41. The van der Waals surface area contributed by atoms with Gasteiger partial charge in [0.2, 0.25) is 11.1 Å². The summed E-state index contributed by atoms with van der Waals surface area (Å²) in [4.78, 5) is 19.8. The third-order valence-electron chi connectivity index (χ3n) is 5.22. The van der Waals surface area contributed by atoms with Gasteiger partial charge in [-0.25, -0.2) is 4.68 Å². The number of allylic oxidation sites excluding steroid dienone is 2. The molecule has 1 aromatic carbocycles. The first-order valence-electron chi connectivity index (χ1n) is 9.10. The number of nitrogens with one attached hydrogen (secondary N) is 1. The second kappa shape index (κ2) is 6.41. The van der Waals surface area contributed by atoms with Gasteiger partial charge in [0, 0.05) is 37.5 Å². The molecule has 1 atom stereocenters. The Balaban J connectivity index is 1.86. The van der Waals surface area contributed by atoms with Gasteiger partial charge >= 0.3 is 0 Å². The maximum atomic E-state index is 13.1. The highest BCUT2D eigenvalue weighted by molar-refractivity contribution is 7.98. The number of fused-ring (bicyclic) bond motifs is 1. The highest BCUT2D eigenvalue weighted by Crippen LogP contribution is 2.45. The van der Waals surface area contributed by atoms with Gasteiger partial charge in [-0.2, -0.15) is 4.98 Å². The first-order chi connectivity index (χ1) is 12.8. The maximum absolute atomic E-state index is 13.1. The number of hydrogen-bond donors (Lipinski definition) is 1. The van der Waals surface area contributed by atoms with Crippen molar-refractivity contribution in [1.82, 2.24) is 14.8 Å². The fourth-order valence-corrected chi connectivity index (χ4v) is 4.29. The van der Waals surface area contributed by atoms with E-state index in [2.05, 4.69) is 58.4 Å². The largest absolute Gasteiger partial charge is 0.378 e. The van der Waals surface area contributed by atoms with Crippen LogP contribution in [0.3, 0.4) is 0 Å². The normalized spacial score (nSPS) is 20.8. The average Bonchev–Trinajstić information content (AvgIpc) is 3.01. The molecule has 1 aromatic heterocycles. The number of anilines is 2. The number of hydrogen-bond acceptors (Lipinski definition) is 6. The summed E-state index contributed by atoms with van der Waals surface area (Å²) >= 11 is 1.51. The topological polar surface area (TPSA) is 63.1 Å². The van der Waals surface area contributed by atoms with E-state index in [4.69, 9.17) is 0 Å². The number of aromatic nitrogens is 3. The minimum absolute atomic E-state index is 0.0488. The molecule has 0 unspecified atom stereocenters. The number of thioether (sulfide) groups is 1. The molecule has 2 aromatic rings. The van der Waals surface area contributed by atoms with E-state index in [9.17, 15) is 4.79 Å². The standard InChI is InChI=1S/C20H25N5OS/c1-20(2)10-14-16(15(26)11-20)17(12-6-8-13(9-7-12)24(3)4)25-18(21-14)22-19(23-25)27-5/h6-9,17H,10-11H2,1-5H3,(H,21,22,23)/t17-/m1/s1. The molecule has 1 N–H and O–H groups in total. The van der Waals surface area contributed by atoms with Crippen molar-refractivity contribution in [2.24, 2.45) is 5.41 Å². The molecule has 0 radical (unpaired) electrons. The number of ketones is 1. The van der Waals surface area contributed by atoms with Crippen molar-refractivity contribution in [3.8, 4) is 0 Å². The number of benzene rings is 1. The first kappa shape index (κ1) is 18.1. The van der Waals surface area contributed by atoms with E-state index < -0.39 is 0 Å². The lowest BCUT2D eigenvalue weighted by Crippen LogP contribution is -2.36. The lowest BCUT2D eigenvalue weighted by atomic mass is 9.73. The van der Waals surface area contributed by atoms with E-state index in [0.717, 1.165) is 28.9 Å². The third kappa shape index (κ3) is 3.14. The fraction of sp³-hybridized carbons (Fsp3) is 0.450. The van der Waals surface area contributed by atoms with Crippen LogP contribution in [-0.4, -0.2) is 40.9 Å². The van der Waals surface area contributed by atoms with E-state index in [1.165, 1.54) is 11.8 Å². The number of carbonyl (C=O) groups excluding carboxylic acids is 1. The summed E-state index contributed by atoms with van der Waals surface area (Å²) in [7, 11) is 4.04. The molecule has 1 aliphatic carbocycles. The summed E-state index contributed by atoms with van der Waals surface area (Å²) in [6.07, 6.45) is 3.35. The molecule has 1 aliphatic heterocycles. The van der Waals surface area contributed by atoms with E-state index in [1.807, 2.05) is 25.0 Å². The summed E-state index contributed by atoms with van der Waals surface area (Å²) in [5.41, 5.74) is 3.96. The van der Waals surface area contributed by atoms with E-state index >= 15 is 0 Å². The van der Waals surface area contributed by atoms with Crippen molar-refractivity contribution in [2.45, 2.75) is 37.9 Å². The lowest BCUT2D eigenvalue weighted by Gasteiger charge is -2.38. The van der Waals surface area contributed by atoms with E-state index in [0.29, 0.717) is 17.5 Å². The summed E-state index contributed by atoms with van der Waals surface area (Å²) in [5.74, 6) is 0.910. The molecule has 27 heavy (non-hydrogen) atoms. The van der Waals surface area contributed by atoms with Gasteiger partial charge in [0.1, 0.15) is 6.04 Å². The predicted octanol–water partition coefficient (Wildman–Crippen LogP) is 3.72. The van der Waals surface area contributed by atoms with Gasteiger partial charge < -0.3 is 10.2 Å². The second-order valence-corrected chi connectivity index (χ2v) is 8.99. The van der Waals surface area contributed by atoms with Gasteiger partial charge in [0.15, 0.2) is 5.78 Å². The van der Waals surface area contributed by atoms with Crippen LogP contribution in [0.15, 0.2) is 40.7 Å². The Bertz CT molecular complexity index is 926.